The number of hydrogen-bond donors (Lipinski definition) is 0. The Morgan fingerprint density at radius 2 is 1.35 bits per heavy atom. The Morgan fingerprint density at radius 3 is 1.84 bits per heavy atom. The maximum absolute atomic E-state index is 12.9. The van der Waals surface area contributed by atoms with Gasteiger partial charge in [0.2, 0.25) is 0 Å². The van der Waals surface area contributed by atoms with Crippen LogP contribution >= 0.6 is 0 Å². The van der Waals surface area contributed by atoms with Gasteiger partial charge in [-0.3, -0.25) is 14.4 Å². The molecule has 200 valence electrons. The third-order valence-electron chi connectivity index (χ3n) is 5.64. The lowest BCUT2D eigenvalue weighted by Gasteiger charge is -2.23. The van der Waals surface area contributed by atoms with Crippen LogP contribution in [0.25, 0.3) is 6.08 Å². The summed E-state index contributed by atoms with van der Waals surface area (Å²) >= 11 is 0. The van der Waals surface area contributed by atoms with E-state index in [1.165, 1.54) is 6.08 Å². The number of ether oxygens (including phenoxy) is 3. The Labute approximate surface area is 221 Å². The Hall–Kier alpha value is -3.41. The van der Waals surface area contributed by atoms with Gasteiger partial charge >= 0.3 is 11.9 Å². The molecule has 0 aromatic heterocycles. The van der Waals surface area contributed by atoms with Crippen LogP contribution < -0.4 is 14.2 Å². The molecule has 0 saturated heterocycles. The Morgan fingerprint density at radius 1 is 0.784 bits per heavy atom. The highest BCUT2D eigenvalue weighted by Crippen LogP contribution is 2.39. The molecule has 0 amide bonds. The quantitative estimate of drug-likeness (QED) is 0.157. The first-order valence-corrected chi connectivity index (χ1v) is 12.8. The number of carbonyl (C=O) groups excluding carboxylic acids is 3. The molecule has 0 spiro atoms. The first kappa shape index (κ1) is 29.8. The summed E-state index contributed by atoms with van der Waals surface area (Å²) < 4.78 is 17.2. The zero-order valence-corrected chi connectivity index (χ0v) is 23.6. The maximum Gasteiger partial charge on any atom is 0.316 e. The van der Waals surface area contributed by atoms with Gasteiger partial charge in [-0.2, -0.15) is 0 Å². The highest BCUT2D eigenvalue weighted by molar-refractivity contribution is 6.07. The van der Waals surface area contributed by atoms with Crippen molar-refractivity contribution in [3.05, 3.63) is 58.7 Å². The minimum Gasteiger partial charge on any atom is -0.493 e. The van der Waals surface area contributed by atoms with Gasteiger partial charge in [-0.15, -0.1) is 0 Å². The van der Waals surface area contributed by atoms with Crippen molar-refractivity contribution in [2.24, 2.45) is 10.8 Å². The van der Waals surface area contributed by atoms with Crippen molar-refractivity contribution in [3.63, 3.8) is 0 Å². The first-order chi connectivity index (χ1) is 17.2. The summed E-state index contributed by atoms with van der Waals surface area (Å²) in [7, 11) is 0. The molecule has 6 heteroatoms. The molecule has 6 nitrogen and oxygen atoms in total. The second kappa shape index (κ2) is 12.2. The molecule has 0 aliphatic rings. The van der Waals surface area contributed by atoms with E-state index < -0.39 is 10.8 Å². The molecule has 0 heterocycles. The van der Waals surface area contributed by atoms with Crippen LogP contribution in [-0.2, 0) is 22.4 Å². The summed E-state index contributed by atoms with van der Waals surface area (Å²) in [6.07, 6.45) is 4.47. The molecule has 2 aromatic rings. The number of esters is 2. The van der Waals surface area contributed by atoms with E-state index in [4.69, 9.17) is 14.2 Å². The predicted molar refractivity (Wildman–Crippen MR) is 146 cm³/mol. The van der Waals surface area contributed by atoms with Gasteiger partial charge in [0.15, 0.2) is 5.78 Å². The smallest absolute Gasteiger partial charge is 0.316 e. The third-order valence-corrected chi connectivity index (χ3v) is 5.64. The summed E-state index contributed by atoms with van der Waals surface area (Å²) in [4.78, 5) is 37.7. The van der Waals surface area contributed by atoms with Crippen molar-refractivity contribution in [3.8, 4) is 17.2 Å². The molecule has 0 atom stereocenters. The number of ketones is 1. The second-order valence-electron chi connectivity index (χ2n) is 10.9. The van der Waals surface area contributed by atoms with Gasteiger partial charge < -0.3 is 14.2 Å². The number of allylic oxidation sites excluding steroid dienone is 1. The van der Waals surface area contributed by atoms with Crippen LogP contribution in [0.3, 0.4) is 0 Å². The molecule has 2 rings (SSSR count). The number of rotatable bonds is 9. The minimum absolute atomic E-state index is 0.199. The fourth-order valence-corrected chi connectivity index (χ4v) is 3.39. The number of aryl methyl sites for hydroxylation is 1. The average Bonchev–Trinajstić information content (AvgIpc) is 2.82. The molecule has 0 bridgehead atoms. The molecule has 37 heavy (non-hydrogen) atoms. The fraction of sp³-hybridized carbons (Fsp3) is 0.452. The van der Waals surface area contributed by atoms with Crippen LogP contribution in [0.4, 0.5) is 0 Å². The SMILES string of the molecule is CCOc1c(C=CC(=O)c2ccc(OC(=O)C(C)(C)C)cc2)cc(CC)c(OC(=O)C(C)(C)C)c1CC. The van der Waals surface area contributed by atoms with Gasteiger partial charge in [0, 0.05) is 16.7 Å². The van der Waals surface area contributed by atoms with Gasteiger partial charge in [-0.25, -0.2) is 0 Å². The van der Waals surface area contributed by atoms with Gasteiger partial charge in [-0.1, -0.05) is 13.8 Å². The van der Waals surface area contributed by atoms with E-state index in [9.17, 15) is 14.4 Å². The van der Waals surface area contributed by atoms with E-state index in [2.05, 4.69) is 0 Å². The lowest BCUT2D eigenvalue weighted by Crippen LogP contribution is -2.26. The zero-order chi connectivity index (χ0) is 28.0. The van der Waals surface area contributed by atoms with Gasteiger partial charge in [0.05, 0.1) is 17.4 Å². The lowest BCUT2D eigenvalue weighted by atomic mass is 9.95. The molecular formula is C31H40O6. The highest BCUT2D eigenvalue weighted by atomic mass is 16.5. The van der Waals surface area contributed by atoms with E-state index in [-0.39, 0.29) is 17.7 Å². The predicted octanol–water partition coefficient (Wildman–Crippen LogP) is 7.01. The molecule has 0 fully saturated rings. The molecule has 0 aliphatic carbocycles. The lowest BCUT2D eigenvalue weighted by molar-refractivity contribution is -0.143. The summed E-state index contributed by atoms with van der Waals surface area (Å²) in [6.45, 7) is 17.1. The Bertz CT molecular complexity index is 1160. The largest absolute Gasteiger partial charge is 0.493 e. The van der Waals surface area contributed by atoms with Crippen molar-refractivity contribution in [1.82, 2.24) is 0 Å². The standard InChI is InChI=1S/C31H40O6/c1-10-20-19-22(26(35-12-3)24(11-2)27(20)37-29(34)31(7,8)9)15-18-25(32)21-13-16-23(17-14-21)36-28(33)30(4,5)6/h13-19H,10-12H2,1-9H3. The fourth-order valence-electron chi connectivity index (χ4n) is 3.39. The molecule has 0 aliphatic heterocycles. The van der Waals surface area contributed by atoms with Crippen LogP contribution in [0.15, 0.2) is 36.4 Å². The summed E-state index contributed by atoms with van der Waals surface area (Å²) in [5.41, 5.74) is 1.62. The topological polar surface area (TPSA) is 78.9 Å². The van der Waals surface area contributed by atoms with Crippen LogP contribution in [0.5, 0.6) is 17.2 Å². The van der Waals surface area contributed by atoms with Crippen LogP contribution in [-0.4, -0.2) is 24.3 Å². The summed E-state index contributed by atoms with van der Waals surface area (Å²) in [5.74, 6) is 0.680. The van der Waals surface area contributed by atoms with Crippen LogP contribution in [0.1, 0.15) is 89.4 Å². The zero-order valence-electron chi connectivity index (χ0n) is 23.6. The van der Waals surface area contributed by atoms with Crippen LogP contribution in [0.2, 0.25) is 0 Å². The molecule has 0 radical (unpaired) electrons. The van der Waals surface area contributed by atoms with Crippen molar-refractivity contribution in [2.45, 2.75) is 75.2 Å². The number of benzene rings is 2. The van der Waals surface area contributed by atoms with Crippen molar-refractivity contribution in [1.29, 1.82) is 0 Å². The van der Waals surface area contributed by atoms with Crippen molar-refractivity contribution < 1.29 is 28.6 Å². The normalized spacial score (nSPS) is 11.9. The molecule has 2 aromatic carbocycles. The molecule has 0 unspecified atom stereocenters. The average molecular weight is 509 g/mol. The van der Waals surface area contributed by atoms with Crippen molar-refractivity contribution >= 4 is 23.8 Å². The van der Waals surface area contributed by atoms with Crippen LogP contribution in [0, 0.1) is 10.8 Å². The summed E-state index contributed by atoms with van der Waals surface area (Å²) in [6, 6.07) is 8.39. The van der Waals surface area contributed by atoms with E-state index in [1.807, 2.05) is 47.6 Å². The number of carbonyl (C=O) groups is 3. The van der Waals surface area contributed by atoms with E-state index in [0.717, 1.165) is 16.7 Å². The minimum atomic E-state index is -0.645. The molecule has 0 saturated carbocycles. The molecular weight excluding hydrogens is 468 g/mol. The Balaban J connectivity index is 2.39. The van der Waals surface area contributed by atoms with Gasteiger partial charge in [0.1, 0.15) is 17.2 Å². The number of hydrogen-bond acceptors (Lipinski definition) is 6. The maximum atomic E-state index is 12.9. The van der Waals surface area contributed by atoms with E-state index >= 15 is 0 Å². The first-order valence-electron chi connectivity index (χ1n) is 12.8. The van der Waals surface area contributed by atoms with Gasteiger partial charge in [0.25, 0.3) is 0 Å². The monoisotopic (exact) mass is 508 g/mol. The highest BCUT2D eigenvalue weighted by Gasteiger charge is 2.27. The van der Waals surface area contributed by atoms with E-state index in [1.54, 1.807) is 51.1 Å². The van der Waals surface area contributed by atoms with Crippen molar-refractivity contribution in [2.75, 3.05) is 6.61 Å². The van der Waals surface area contributed by atoms with E-state index in [0.29, 0.717) is 42.3 Å². The van der Waals surface area contributed by atoms with Gasteiger partial charge in [-0.05, 0) is 109 Å². The third kappa shape index (κ3) is 7.78. The Kier molecular flexibility index (Phi) is 9.85. The second-order valence-corrected chi connectivity index (χ2v) is 10.9. The molecule has 0 N–H and O–H groups in total. The summed E-state index contributed by atoms with van der Waals surface area (Å²) in [5, 5.41) is 0.